The predicted octanol–water partition coefficient (Wildman–Crippen LogP) is 2.29. The van der Waals surface area contributed by atoms with Gasteiger partial charge in [0.1, 0.15) is 0 Å². The molecule has 0 N–H and O–H groups in total. The Labute approximate surface area is 103 Å². The van der Waals surface area contributed by atoms with Crippen molar-refractivity contribution in [3.05, 3.63) is 34.9 Å². The van der Waals surface area contributed by atoms with Crippen molar-refractivity contribution in [2.24, 2.45) is 5.92 Å². The SMILES string of the molecule is C#CC1CC(=O)N(Cc2cccc(C)c2C)C1. The Kier molecular flexibility index (Phi) is 3.19. The van der Waals surface area contributed by atoms with Gasteiger partial charge in [0, 0.05) is 25.4 Å². The van der Waals surface area contributed by atoms with Gasteiger partial charge < -0.3 is 4.90 Å². The van der Waals surface area contributed by atoms with Crippen LogP contribution in [0, 0.1) is 32.1 Å². The summed E-state index contributed by atoms with van der Waals surface area (Å²) >= 11 is 0. The van der Waals surface area contributed by atoms with E-state index in [9.17, 15) is 4.79 Å². The number of nitrogens with zero attached hydrogens (tertiary/aromatic N) is 1. The summed E-state index contributed by atoms with van der Waals surface area (Å²) in [6.07, 6.45) is 5.88. The average molecular weight is 227 g/mol. The van der Waals surface area contributed by atoms with Crippen LogP contribution in [0.25, 0.3) is 0 Å². The van der Waals surface area contributed by atoms with Crippen LogP contribution in [-0.4, -0.2) is 17.4 Å². The highest BCUT2D eigenvalue weighted by Crippen LogP contribution is 2.21. The lowest BCUT2D eigenvalue weighted by atomic mass is 10.0. The molecule has 2 rings (SSSR count). The van der Waals surface area contributed by atoms with Crippen LogP contribution >= 0.6 is 0 Å². The van der Waals surface area contributed by atoms with E-state index in [1.165, 1.54) is 16.7 Å². The lowest BCUT2D eigenvalue weighted by molar-refractivity contribution is -0.128. The summed E-state index contributed by atoms with van der Waals surface area (Å²) in [6, 6.07) is 6.21. The number of terminal acetylenes is 1. The minimum atomic E-state index is 0.0904. The van der Waals surface area contributed by atoms with Crippen molar-refractivity contribution < 1.29 is 4.79 Å². The number of carbonyl (C=O) groups excluding carboxylic acids is 1. The maximum absolute atomic E-state index is 11.8. The first kappa shape index (κ1) is 11.7. The summed E-state index contributed by atoms with van der Waals surface area (Å²) in [7, 11) is 0. The van der Waals surface area contributed by atoms with Gasteiger partial charge >= 0.3 is 0 Å². The number of carbonyl (C=O) groups is 1. The van der Waals surface area contributed by atoms with E-state index >= 15 is 0 Å². The minimum absolute atomic E-state index is 0.0904. The molecule has 1 aromatic rings. The Bertz CT molecular complexity index is 484. The van der Waals surface area contributed by atoms with E-state index in [0.29, 0.717) is 19.5 Å². The zero-order chi connectivity index (χ0) is 12.4. The molecule has 0 bridgehead atoms. The van der Waals surface area contributed by atoms with E-state index < -0.39 is 0 Å². The number of rotatable bonds is 2. The lowest BCUT2D eigenvalue weighted by Crippen LogP contribution is -2.25. The molecule has 1 aliphatic heterocycles. The average Bonchev–Trinajstić information content (AvgIpc) is 2.66. The second-order valence-electron chi connectivity index (χ2n) is 4.70. The smallest absolute Gasteiger partial charge is 0.224 e. The summed E-state index contributed by atoms with van der Waals surface area (Å²) in [5, 5.41) is 0. The van der Waals surface area contributed by atoms with Crippen LogP contribution < -0.4 is 0 Å². The Morgan fingerprint density at radius 2 is 2.24 bits per heavy atom. The number of hydrogen-bond acceptors (Lipinski definition) is 1. The van der Waals surface area contributed by atoms with Crippen LogP contribution in [0.1, 0.15) is 23.1 Å². The zero-order valence-electron chi connectivity index (χ0n) is 10.4. The van der Waals surface area contributed by atoms with Crippen LogP contribution in [0.5, 0.6) is 0 Å². The molecule has 0 spiro atoms. The van der Waals surface area contributed by atoms with Crippen LogP contribution in [-0.2, 0) is 11.3 Å². The molecular formula is C15H17NO. The second kappa shape index (κ2) is 4.63. The monoisotopic (exact) mass is 227 g/mol. The van der Waals surface area contributed by atoms with Gasteiger partial charge in [-0.1, -0.05) is 18.2 Å². The molecule has 1 atom stereocenters. The maximum atomic E-state index is 11.8. The van der Waals surface area contributed by atoms with E-state index in [1.54, 1.807) is 0 Å². The van der Waals surface area contributed by atoms with Gasteiger partial charge in [0.05, 0.1) is 0 Å². The molecule has 1 saturated heterocycles. The molecule has 1 fully saturated rings. The molecule has 0 saturated carbocycles. The Morgan fingerprint density at radius 3 is 2.88 bits per heavy atom. The van der Waals surface area contributed by atoms with E-state index in [1.807, 2.05) is 11.0 Å². The normalized spacial score (nSPS) is 19.5. The fourth-order valence-corrected chi connectivity index (χ4v) is 2.23. The van der Waals surface area contributed by atoms with Gasteiger partial charge in [-0.2, -0.15) is 0 Å². The first-order valence-corrected chi connectivity index (χ1v) is 5.91. The van der Waals surface area contributed by atoms with Crippen molar-refractivity contribution in [1.29, 1.82) is 0 Å². The van der Waals surface area contributed by atoms with Crippen molar-refractivity contribution in [3.8, 4) is 12.3 Å². The Balaban J connectivity index is 2.15. The molecule has 0 radical (unpaired) electrons. The van der Waals surface area contributed by atoms with E-state index in [2.05, 4.69) is 31.9 Å². The topological polar surface area (TPSA) is 20.3 Å². The molecule has 1 amide bonds. The van der Waals surface area contributed by atoms with Gasteiger partial charge in [0.15, 0.2) is 0 Å². The summed E-state index contributed by atoms with van der Waals surface area (Å²) < 4.78 is 0. The summed E-state index contributed by atoms with van der Waals surface area (Å²) in [5.41, 5.74) is 3.75. The number of hydrogen-bond donors (Lipinski definition) is 0. The molecule has 88 valence electrons. The fraction of sp³-hybridized carbons (Fsp3) is 0.400. The van der Waals surface area contributed by atoms with Gasteiger partial charge in [0.2, 0.25) is 5.91 Å². The molecule has 0 aliphatic carbocycles. The summed E-state index contributed by atoms with van der Waals surface area (Å²) in [5.74, 6) is 2.94. The zero-order valence-corrected chi connectivity index (χ0v) is 10.4. The molecule has 2 nitrogen and oxygen atoms in total. The molecule has 1 aliphatic rings. The van der Waals surface area contributed by atoms with Crippen LogP contribution in [0.15, 0.2) is 18.2 Å². The van der Waals surface area contributed by atoms with E-state index in [-0.39, 0.29) is 11.8 Å². The molecule has 17 heavy (non-hydrogen) atoms. The molecule has 0 aromatic heterocycles. The maximum Gasteiger partial charge on any atom is 0.224 e. The van der Waals surface area contributed by atoms with Crippen LogP contribution in [0.2, 0.25) is 0 Å². The quantitative estimate of drug-likeness (QED) is 0.710. The number of likely N-dealkylation sites (tertiary alicyclic amines) is 1. The van der Waals surface area contributed by atoms with Crippen molar-refractivity contribution >= 4 is 5.91 Å². The second-order valence-corrected chi connectivity index (χ2v) is 4.70. The Hall–Kier alpha value is -1.75. The lowest BCUT2D eigenvalue weighted by Gasteiger charge is -2.18. The Morgan fingerprint density at radius 1 is 1.47 bits per heavy atom. The van der Waals surface area contributed by atoms with Crippen molar-refractivity contribution in [3.63, 3.8) is 0 Å². The van der Waals surface area contributed by atoms with Crippen molar-refractivity contribution in [2.45, 2.75) is 26.8 Å². The first-order chi connectivity index (χ1) is 8.11. The van der Waals surface area contributed by atoms with Crippen molar-refractivity contribution in [2.75, 3.05) is 6.54 Å². The molecule has 2 heteroatoms. The number of benzene rings is 1. The first-order valence-electron chi connectivity index (χ1n) is 5.91. The van der Waals surface area contributed by atoms with Crippen molar-refractivity contribution in [1.82, 2.24) is 4.90 Å². The third-order valence-electron chi connectivity index (χ3n) is 3.53. The minimum Gasteiger partial charge on any atom is -0.337 e. The van der Waals surface area contributed by atoms with E-state index in [4.69, 9.17) is 6.42 Å². The third kappa shape index (κ3) is 2.34. The molecular weight excluding hydrogens is 210 g/mol. The van der Waals surface area contributed by atoms with Crippen LogP contribution in [0.3, 0.4) is 0 Å². The standard InChI is InChI=1S/C15H17NO/c1-4-13-8-15(17)16(9-13)10-14-7-5-6-11(2)12(14)3/h1,5-7,13H,8-10H2,2-3H3. The predicted molar refractivity (Wildman–Crippen MR) is 68.3 cm³/mol. The molecule has 1 unspecified atom stereocenters. The third-order valence-corrected chi connectivity index (χ3v) is 3.53. The fourth-order valence-electron chi connectivity index (χ4n) is 2.23. The largest absolute Gasteiger partial charge is 0.337 e. The van der Waals surface area contributed by atoms with Crippen LogP contribution in [0.4, 0.5) is 0 Å². The van der Waals surface area contributed by atoms with Gasteiger partial charge in [-0.15, -0.1) is 12.3 Å². The van der Waals surface area contributed by atoms with Gasteiger partial charge in [-0.05, 0) is 30.5 Å². The van der Waals surface area contributed by atoms with Gasteiger partial charge in [-0.25, -0.2) is 0 Å². The van der Waals surface area contributed by atoms with E-state index in [0.717, 1.165) is 0 Å². The number of aryl methyl sites for hydroxylation is 1. The van der Waals surface area contributed by atoms with Gasteiger partial charge in [0.25, 0.3) is 0 Å². The highest BCUT2D eigenvalue weighted by Gasteiger charge is 2.28. The highest BCUT2D eigenvalue weighted by atomic mass is 16.2. The van der Waals surface area contributed by atoms with Gasteiger partial charge in [-0.3, -0.25) is 4.79 Å². The highest BCUT2D eigenvalue weighted by molar-refractivity contribution is 5.79. The molecule has 1 aromatic carbocycles. The summed E-state index contributed by atoms with van der Waals surface area (Å²) in [4.78, 5) is 13.6. The summed E-state index contributed by atoms with van der Waals surface area (Å²) in [6.45, 7) is 5.58. The number of amides is 1. The molecule has 1 heterocycles.